The number of carbonyl (C=O) groups excluding carboxylic acids is 1. The van der Waals surface area contributed by atoms with Crippen molar-refractivity contribution in [3.8, 4) is 0 Å². The van der Waals surface area contributed by atoms with Gasteiger partial charge in [0.05, 0.1) is 5.75 Å². The molecule has 0 aromatic carbocycles. The molecule has 0 bridgehead atoms. The Morgan fingerprint density at radius 3 is 2.95 bits per heavy atom. The third-order valence-electron chi connectivity index (χ3n) is 2.92. The van der Waals surface area contributed by atoms with E-state index in [0.29, 0.717) is 5.75 Å². The van der Waals surface area contributed by atoms with E-state index in [1.807, 2.05) is 11.4 Å². The molecule has 0 saturated heterocycles. The van der Waals surface area contributed by atoms with Gasteiger partial charge in [0.25, 0.3) is 0 Å². The zero-order chi connectivity index (χ0) is 13.7. The molecule has 0 atom stereocenters. The number of nitrogens with one attached hydrogen (secondary N) is 1. The largest absolute Gasteiger partial charge is 0.353 e. The zero-order valence-electron chi connectivity index (χ0n) is 11.0. The van der Waals surface area contributed by atoms with Crippen LogP contribution in [0.1, 0.15) is 26.7 Å². The van der Waals surface area contributed by atoms with Crippen molar-refractivity contribution in [2.75, 3.05) is 5.75 Å². The Balaban J connectivity index is 1.95. The van der Waals surface area contributed by atoms with E-state index in [-0.39, 0.29) is 11.9 Å². The van der Waals surface area contributed by atoms with Gasteiger partial charge >= 0.3 is 0 Å². The summed E-state index contributed by atoms with van der Waals surface area (Å²) in [5.41, 5.74) is 0. The monoisotopic (exact) mass is 295 g/mol. The fourth-order valence-corrected chi connectivity index (χ4v) is 3.37. The molecular weight excluding hydrogens is 278 g/mol. The zero-order valence-corrected chi connectivity index (χ0v) is 12.7. The van der Waals surface area contributed by atoms with Gasteiger partial charge in [-0.05, 0) is 24.3 Å². The number of carbonyl (C=O) groups is 1. The van der Waals surface area contributed by atoms with E-state index in [0.717, 1.165) is 28.1 Å². The lowest BCUT2D eigenvalue weighted by Gasteiger charge is -2.14. The van der Waals surface area contributed by atoms with Crippen LogP contribution in [0.5, 0.6) is 0 Å². The molecule has 6 heteroatoms. The van der Waals surface area contributed by atoms with Crippen LogP contribution in [0.15, 0.2) is 22.8 Å². The molecule has 0 aliphatic rings. The second-order valence-electron chi connectivity index (χ2n) is 4.19. The molecule has 0 fully saturated rings. The van der Waals surface area contributed by atoms with Gasteiger partial charge in [-0.25, -0.2) is 9.97 Å². The first-order valence-electron chi connectivity index (χ1n) is 6.35. The van der Waals surface area contributed by atoms with E-state index in [1.165, 1.54) is 11.8 Å². The third kappa shape index (κ3) is 3.67. The van der Waals surface area contributed by atoms with E-state index in [9.17, 15) is 4.79 Å². The molecular formula is C13H17N3OS2. The molecule has 0 aliphatic carbocycles. The number of amides is 1. The van der Waals surface area contributed by atoms with Crippen LogP contribution in [-0.4, -0.2) is 27.7 Å². The van der Waals surface area contributed by atoms with Gasteiger partial charge < -0.3 is 5.32 Å². The highest BCUT2D eigenvalue weighted by Crippen LogP contribution is 2.27. The van der Waals surface area contributed by atoms with Crippen LogP contribution in [0.4, 0.5) is 0 Å². The molecule has 1 N–H and O–H groups in total. The summed E-state index contributed by atoms with van der Waals surface area (Å²) in [6.07, 6.45) is 3.49. The van der Waals surface area contributed by atoms with Crippen LogP contribution < -0.4 is 5.32 Å². The van der Waals surface area contributed by atoms with Gasteiger partial charge in [-0.2, -0.15) is 0 Å². The first-order valence-corrected chi connectivity index (χ1v) is 8.21. The normalized spacial score (nSPS) is 11.1. The number of nitrogens with zero attached hydrogens (tertiary/aromatic N) is 2. The fourth-order valence-electron chi connectivity index (χ4n) is 1.78. The molecule has 0 radical (unpaired) electrons. The Bertz CT molecular complexity index is 552. The molecule has 19 heavy (non-hydrogen) atoms. The number of rotatable bonds is 6. The van der Waals surface area contributed by atoms with Gasteiger partial charge in [-0.15, -0.1) is 11.3 Å². The molecule has 0 unspecified atom stereocenters. The second-order valence-corrected chi connectivity index (χ2v) is 6.05. The van der Waals surface area contributed by atoms with E-state index in [1.54, 1.807) is 17.7 Å². The summed E-state index contributed by atoms with van der Waals surface area (Å²) in [5, 5.41) is 6.94. The molecule has 4 nitrogen and oxygen atoms in total. The lowest BCUT2D eigenvalue weighted by atomic mass is 10.2. The van der Waals surface area contributed by atoms with Crippen molar-refractivity contribution in [2.24, 2.45) is 0 Å². The molecule has 2 aromatic heterocycles. The summed E-state index contributed by atoms with van der Waals surface area (Å²) in [5.74, 6) is 0.471. The minimum absolute atomic E-state index is 0.0701. The van der Waals surface area contributed by atoms with Crippen LogP contribution in [0.2, 0.25) is 0 Å². The average Bonchev–Trinajstić information content (AvgIpc) is 2.91. The number of hydrogen-bond acceptors (Lipinski definition) is 5. The Hall–Kier alpha value is -1.14. The Kier molecular flexibility index (Phi) is 5.15. The fraction of sp³-hybridized carbons (Fsp3) is 0.462. The predicted molar refractivity (Wildman–Crippen MR) is 80.7 cm³/mol. The Morgan fingerprint density at radius 2 is 2.21 bits per heavy atom. The van der Waals surface area contributed by atoms with Crippen molar-refractivity contribution in [1.29, 1.82) is 0 Å². The van der Waals surface area contributed by atoms with E-state index < -0.39 is 0 Å². The van der Waals surface area contributed by atoms with Crippen LogP contribution in [0.3, 0.4) is 0 Å². The Labute approximate surface area is 121 Å². The highest BCUT2D eigenvalue weighted by molar-refractivity contribution is 8.00. The standard InChI is InChI=1S/C13H17N3OS2/c1-3-9(4-2)16-11(17)7-19-13-10-5-6-18-12(10)14-8-15-13/h5-6,8-9H,3-4,7H2,1-2H3,(H,16,17). The van der Waals surface area contributed by atoms with Gasteiger partial charge in [0.15, 0.2) is 0 Å². The molecule has 2 rings (SSSR count). The first kappa shape index (κ1) is 14.3. The quantitative estimate of drug-likeness (QED) is 0.657. The van der Waals surface area contributed by atoms with Crippen LogP contribution in [0.25, 0.3) is 10.2 Å². The maximum atomic E-state index is 11.8. The first-order chi connectivity index (χ1) is 9.24. The molecule has 1 amide bonds. The maximum absolute atomic E-state index is 11.8. The number of fused-ring (bicyclic) bond motifs is 1. The van der Waals surface area contributed by atoms with Gasteiger partial charge in [-0.1, -0.05) is 25.6 Å². The molecule has 2 heterocycles. The van der Waals surface area contributed by atoms with Crippen LogP contribution in [0, 0.1) is 0 Å². The highest BCUT2D eigenvalue weighted by atomic mass is 32.2. The van der Waals surface area contributed by atoms with E-state index in [4.69, 9.17) is 0 Å². The summed E-state index contributed by atoms with van der Waals surface area (Å²) >= 11 is 3.06. The minimum Gasteiger partial charge on any atom is -0.353 e. The summed E-state index contributed by atoms with van der Waals surface area (Å²) in [7, 11) is 0. The topological polar surface area (TPSA) is 54.9 Å². The molecule has 0 saturated carbocycles. The molecule has 0 aliphatic heterocycles. The third-order valence-corrected chi connectivity index (χ3v) is 4.74. The van der Waals surface area contributed by atoms with E-state index >= 15 is 0 Å². The van der Waals surface area contributed by atoms with Crippen molar-refractivity contribution in [3.05, 3.63) is 17.8 Å². The second kappa shape index (κ2) is 6.86. The van der Waals surface area contributed by atoms with Gasteiger partial charge in [0, 0.05) is 11.4 Å². The summed E-state index contributed by atoms with van der Waals surface area (Å²) < 4.78 is 0. The highest BCUT2D eigenvalue weighted by Gasteiger charge is 2.11. The molecule has 2 aromatic rings. The lowest BCUT2D eigenvalue weighted by molar-refractivity contribution is -0.119. The van der Waals surface area contributed by atoms with Gasteiger partial charge in [0.1, 0.15) is 16.2 Å². The average molecular weight is 295 g/mol. The van der Waals surface area contributed by atoms with Gasteiger partial charge in [-0.3, -0.25) is 4.79 Å². The van der Waals surface area contributed by atoms with Gasteiger partial charge in [0.2, 0.25) is 5.91 Å². The summed E-state index contributed by atoms with van der Waals surface area (Å²) in [4.78, 5) is 21.3. The summed E-state index contributed by atoms with van der Waals surface area (Å²) in [6, 6.07) is 2.28. The maximum Gasteiger partial charge on any atom is 0.230 e. The Morgan fingerprint density at radius 1 is 1.42 bits per heavy atom. The van der Waals surface area contributed by atoms with Crippen molar-refractivity contribution in [3.63, 3.8) is 0 Å². The number of hydrogen-bond donors (Lipinski definition) is 1. The predicted octanol–water partition coefficient (Wildman–Crippen LogP) is 3.09. The minimum atomic E-state index is 0.0701. The van der Waals surface area contributed by atoms with Crippen LogP contribution >= 0.6 is 23.1 Å². The molecule has 0 spiro atoms. The summed E-state index contributed by atoms with van der Waals surface area (Å²) in [6.45, 7) is 4.17. The lowest BCUT2D eigenvalue weighted by Crippen LogP contribution is -2.35. The van der Waals surface area contributed by atoms with Crippen molar-refractivity contribution < 1.29 is 4.79 Å². The smallest absolute Gasteiger partial charge is 0.230 e. The van der Waals surface area contributed by atoms with Crippen LogP contribution in [-0.2, 0) is 4.79 Å². The number of thioether (sulfide) groups is 1. The van der Waals surface area contributed by atoms with Crippen molar-refractivity contribution in [1.82, 2.24) is 15.3 Å². The number of aromatic nitrogens is 2. The number of thiophene rings is 1. The van der Waals surface area contributed by atoms with Crippen molar-refractivity contribution in [2.45, 2.75) is 37.8 Å². The molecule has 102 valence electrons. The SMILES string of the molecule is CCC(CC)NC(=O)CSc1ncnc2sccc12. The van der Waals surface area contributed by atoms with E-state index in [2.05, 4.69) is 29.1 Å². The van der Waals surface area contributed by atoms with Crippen molar-refractivity contribution >= 4 is 39.2 Å².